The molecule has 1 unspecified atom stereocenters. The van der Waals surface area contributed by atoms with E-state index in [1.165, 1.54) is 20.0 Å². The lowest BCUT2D eigenvalue weighted by Gasteiger charge is -2.28. The van der Waals surface area contributed by atoms with Gasteiger partial charge in [-0.05, 0) is 31.7 Å². The van der Waals surface area contributed by atoms with Crippen molar-refractivity contribution in [1.29, 1.82) is 0 Å². The van der Waals surface area contributed by atoms with E-state index in [0.717, 1.165) is 25.4 Å². The Labute approximate surface area is 91.8 Å². The molecule has 0 bridgehead atoms. The van der Waals surface area contributed by atoms with Gasteiger partial charge in [0.2, 0.25) is 0 Å². The lowest BCUT2D eigenvalue weighted by molar-refractivity contribution is -0.146. The predicted octanol–water partition coefficient (Wildman–Crippen LogP) is 0.609. The molecule has 1 aliphatic carbocycles. The Morgan fingerprint density at radius 3 is 2.67 bits per heavy atom. The maximum Gasteiger partial charge on any atom is 0.324 e. The highest BCUT2D eigenvalue weighted by atomic mass is 16.5. The highest BCUT2D eigenvalue weighted by molar-refractivity contribution is 5.75. The fourth-order valence-electron chi connectivity index (χ4n) is 1.82. The molecule has 1 fully saturated rings. The fourth-order valence-corrected chi connectivity index (χ4v) is 1.82. The minimum Gasteiger partial charge on any atom is -0.468 e. The third-order valence-corrected chi connectivity index (χ3v) is 2.84. The van der Waals surface area contributed by atoms with Crippen LogP contribution in [0.1, 0.15) is 26.2 Å². The Morgan fingerprint density at radius 1 is 1.60 bits per heavy atom. The van der Waals surface area contributed by atoms with Crippen LogP contribution in [-0.4, -0.2) is 43.7 Å². The van der Waals surface area contributed by atoms with E-state index >= 15 is 0 Å². The molecule has 4 nitrogen and oxygen atoms in total. The third kappa shape index (κ3) is 3.80. The van der Waals surface area contributed by atoms with Crippen LogP contribution in [0.5, 0.6) is 0 Å². The Morgan fingerprint density at radius 2 is 2.27 bits per heavy atom. The molecule has 0 aromatic heterocycles. The molecule has 15 heavy (non-hydrogen) atoms. The number of rotatable bonds is 7. The van der Waals surface area contributed by atoms with Crippen molar-refractivity contribution in [2.24, 2.45) is 11.7 Å². The summed E-state index contributed by atoms with van der Waals surface area (Å²) in [5.74, 6) is 0.571. The van der Waals surface area contributed by atoms with Crippen LogP contribution in [0.2, 0.25) is 0 Å². The summed E-state index contributed by atoms with van der Waals surface area (Å²) in [5, 5.41) is 0. The number of hydrogen-bond acceptors (Lipinski definition) is 4. The second-order valence-electron chi connectivity index (χ2n) is 4.21. The molecule has 1 aliphatic rings. The largest absolute Gasteiger partial charge is 0.468 e. The molecule has 1 saturated carbocycles. The van der Waals surface area contributed by atoms with Crippen molar-refractivity contribution in [3.05, 3.63) is 0 Å². The summed E-state index contributed by atoms with van der Waals surface area (Å²) in [6.07, 6.45) is 3.62. The molecule has 0 heterocycles. The molecular weight excluding hydrogens is 192 g/mol. The molecule has 0 spiro atoms. The molecule has 0 aromatic rings. The Balaban J connectivity index is 2.51. The standard InChI is InChI=1S/C11H22N2O2/c1-3-6-13(8-9-4-5-9)10(7-12)11(14)15-2/h9-10H,3-8,12H2,1-2H3. The molecule has 0 radical (unpaired) electrons. The lowest BCUT2D eigenvalue weighted by Crippen LogP contribution is -2.47. The molecule has 88 valence electrons. The lowest BCUT2D eigenvalue weighted by atomic mass is 10.2. The number of carbonyl (C=O) groups excluding carboxylic acids is 1. The first kappa shape index (κ1) is 12.5. The molecule has 1 rings (SSSR count). The first-order chi connectivity index (χ1) is 7.22. The van der Waals surface area contributed by atoms with Crippen LogP contribution in [0.4, 0.5) is 0 Å². The van der Waals surface area contributed by atoms with Crippen LogP contribution in [-0.2, 0) is 9.53 Å². The van der Waals surface area contributed by atoms with Crippen LogP contribution < -0.4 is 5.73 Å². The zero-order valence-corrected chi connectivity index (χ0v) is 9.74. The number of nitrogens with two attached hydrogens (primary N) is 1. The smallest absolute Gasteiger partial charge is 0.324 e. The van der Waals surface area contributed by atoms with E-state index in [4.69, 9.17) is 10.5 Å². The van der Waals surface area contributed by atoms with Gasteiger partial charge < -0.3 is 10.5 Å². The SMILES string of the molecule is CCCN(CC1CC1)C(CN)C(=O)OC. The van der Waals surface area contributed by atoms with Crippen molar-refractivity contribution in [3.63, 3.8) is 0 Å². The van der Waals surface area contributed by atoms with Crippen molar-refractivity contribution >= 4 is 5.97 Å². The summed E-state index contributed by atoms with van der Waals surface area (Å²) in [5.41, 5.74) is 5.63. The Hall–Kier alpha value is -0.610. The minimum atomic E-state index is -0.254. The number of nitrogens with zero attached hydrogens (tertiary/aromatic N) is 1. The van der Waals surface area contributed by atoms with E-state index in [9.17, 15) is 4.79 Å². The van der Waals surface area contributed by atoms with Gasteiger partial charge in [-0.15, -0.1) is 0 Å². The number of esters is 1. The van der Waals surface area contributed by atoms with Gasteiger partial charge >= 0.3 is 5.97 Å². The highest BCUT2D eigenvalue weighted by Crippen LogP contribution is 2.30. The second-order valence-corrected chi connectivity index (χ2v) is 4.21. The van der Waals surface area contributed by atoms with E-state index < -0.39 is 0 Å². The van der Waals surface area contributed by atoms with Crippen LogP contribution in [0.25, 0.3) is 0 Å². The van der Waals surface area contributed by atoms with E-state index in [1.54, 1.807) is 0 Å². The second kappa shape index (κ2) is 6.08. The molecule has 2 N–H and O–H groups in total. The Bertz CT molecular complexity index is 205. The number of ether oxygens (including phenoxy) is 1. The summed E-state index contributed by atoms with van der Waals surface area (Å²) < 4.78 is 4.77. The molecule has 0 saturated heterocycles. The summed E-state index contributed by atoms with van der Waals surface area (Å²) in [4.78, 5) is 13.7. The van der Waals surface area contributed by atoms with Crippen LogP contribution in [0, 0.1) is 5.92 Å². The van der Waals surface area contributed by atoms with Crippen molar-refractivity contribution in [2.75, 3.05) is 26.7 Å². The van der Waals surface area contributed by atoms with Crippen LogP contribution in [0.15, 0.2) is 0 Å². The molecule has 4 heteroatoms. The normalized spacial score (nSPS) is 17.9. The fraction of sp³-hybridized carbons (Fsp3) is 0.909. The van der Waals surface area contributed by atoms with Crippen molar-refractivity contribution in [3.8, 4) is 0 Å². The molecular formula is C11H22N2O2. The first-order valence-electron chi connectivity index (χ1n) is 5.74. The molecule has 0 aliphatic heterocycles. The topological polar surface area (TPSA) is 55.6 Å². The maximum atomic E-state index is 11.5. The number of hydrogen-bond donors (Lipinski definition) is 1. The van der Waals surface area contributed by atoms with E-state index in [2.05, 4.69) is 11.8 Å². The summed E-state index contributed by atoms with van der Waals surface area (Å²) in [6.45, 7) is 4.38. The quantitative estimate of drug-likeness (QED) is 0.631. The summed E-state index contributed by atoms with van der Waals surface area (Å²) in [7, 11) is 1.42. The summed E-state index contributed by atoms with van der Waals surface area (Å²) in [6, 6.07) is -0.254. The van der Waals surface area contributed by atoms with Crippen molar-refractivity contribution in [2.45, 2.75) is 32.2 Å². The van der Waals surface area contributed by atoms with Gasteiger partial charge in [0, 0.05) is 13.1 Å². The maximum absolute atomic E-state index is 11.5. The van der Waals surface area contributed by atoms with Crippen LogP contribution in [0.3, 0.4) is 0 Å². The number of carbonyl (C=O) groups is 1. The van der Waals surface area contributed by atoms with Gasteiger partial charge in [-0.1, -0.05) is 6.92 Å². The average molecular weight is 214 g/mol. The zero-order valence-electron chi connectivity index (χ0n) is 9.74. The van der Waals surface area contributed by atoms with Gasteiger partial charge in [-0.2, -0.15) is 0 Å². The van der Waals surface area contributed by atoms with Gasteiger partial charge in [0.15, 0.2) is 0 Å². The van der Waals surface area contributed by atoms with Gasteiger partial charge in [0.1, 0.15) is 6.04 Å². The third-order valence-electron chi connectivity index (χ3n) is 2.84. The molecule has 1 atom stereocenters. The Kier molecular flexibility index (Phi) is 5.05. The summed E-state index contributed by atoms with van der Waals surface area (Å²) >= 11 is 0. The molecule has 0 aromatic carbocycles. The average Bonchev–Trinajstić information content (AvgIpc) is 3.02. The van der Waals surface area contributed by atoms with Gasteiger partial charge in [-0.25, -0.2) is 0 Å². The zero-order chi connectivity index (χ0) is 11.3. The van der Waals surface area contributed by atoms with Gasteiger partial charge in [0.25, 0.3) is 0 Å². The molecule has 0 amide bonds. The van der Waals surface area contributed by atoms with E-state index in [1.807, 2.05) is 0 Å². The van der Waals surface area contributed by atoms with E-state index in [0.29, 0.717) is 6.54 Å². The monoisotopic (exact) mass is 214 g/mol. The number of methoxy groups -OCH3 is 1. The first-order valence-corrected chi connectivity index (χ1v) is 5.74. The minimum absolute atomic E-state index is 0.202. The van der Waals surface area contributed by atoms with Gasteiger partial charge in [0.05, 0.1) is 7.11 Å². The predicted molar refractivity (Wildman–Crippen MR) is 59.4 cm³/mol. The van der Waals surface area contributed by atoms with E-state index in [-0.39, 0.29) is 12.0 Å². The highest BCUT2D eigenvalue weighted by Gasteiger charge is 2.30. The van der Waals surface area contributed by atoms with Crippen molar-refractivity contribution < 1.29 is 9.53 Å². The van der Waals surface area contributed by atoms with Gasteiger partial charge in [-0.3, -0.25) is 9.69 Å². The van der Waals surface area contributed by atoms with Crippen LogP contribution >= 0.6 is 0 Å². The van der Waals surface area contributed by atoms with Crippen molar-refractivity contribution in [1.82, 2.24) is 4.90 Å².